The molecule has 0 amide bonds. The highest BCUT2D eigenvalue weighted by atomic mass is 35.5. The molecule has 4 heteroatoms. The minimum atomic E-state index is 0.487. The van der Waals surface area contributed by atoms with Crippen LogP contribution in [0.3, 0.4) is 0 Å². The highest BCUT2D eigenvalue weighted by Crippen LogP contribution is 2.14. The highest BCUT2D eigenvalue weighted by molar-refractivity contribution is 6.30. The van der Waals surface area contributed by atoms with Gasteiger partial charge >= 0.3 is 0 Å². The first-order chi connectivity index (χ1) is 9.19. The Morgan fingerprint density at radius 2 is 2.11 bits per heavy atom. The third kappa shape index (κ3) is 3.78. The molecule has 2 aromatic rings. The van der Waals surface area contributed by atoms with Crippen LogP contribution in [0.2, 0.25) is 5.02 Å². The van der Waals surface area contributed by atoms with E-state index in [0.29, 0.717) is 12.2 Å². The molecule has 0 bridgehead atoms. The molecule has 0 aliphatic rings. The molecule has 0 N–H and O–H groups in total. The number of pyridine rings is 1. The van der Waals surface area contributed by atoms with Crippen LogP contribution in [0.4, 0.5) is 0 Å². The highest BCUT2D eigenvalue weighted by Gasteiger charge is 2.06. The average molecular weight is 272 g/mol. The predicted octanol–water partition coefficient (Wildman–Crippen LogP) is 3.24. The fourth-order valence-electron chi connectivity index (χ4n) is 1.96. The van der Waals surface area contributed by atoms with Crippen molar-refractivity contribution in [2.24, 2.45) is 0 Å². The van der Waals surface area contributed by atoms with Gasteiger partial charge in [0, 0.05) is 29.9 Å². The van der Waals surface area contributed by atoms with Gasteiger partial charge in [-0.05, 0) is 30.8 Å². The Bertz CT molecular complexity index is 604. The van der Waals surface area contributed by atoms with Crippen LogP contribution in [-0.2, 0) is 13.1 Å². The van der Waals surface area contributed by atoms with Gasteiger partial charge in [-0.2, -0.15) is 5.26 Å². The second-order valence-electron chi connectivity index (χ2n) is 4.43. The van der Waals surface area contributed by atoms with Gasteiger partial charge < -0.3 is 0 Å². The number of nitrogens with zero attached hydrogens (tertiary/aromatic N) is 3. The van der Waals surface area contributed by atoms with Gasteiger partial charge in [0.2, 0.25) is 0 Å². The molecule has 1 heterocycles. The van der Waals surface area contributed by atoms with Gasteiger partial charge in [0.25, 0.3) is 0 Å². The first-order valence-corrected chi connectivity index (χ1v) is 6.34. The van der Waals surface area contributed by atoms with Crippen LogP contribution in [0.25, 0.3) is 0 Å². The molecule has 0 atom stereocenters. The topological polar surface area (TPSA) is 39.9 Å². The largest absolute Gasteiger partial charge is 0.298 e. The summed E-state index contributed by atoms with van der Waals surface area (Å²) in [5.74, 6) is 0. The van der Waals surface area contributed by atoms with Gasteiger partial charge in [0.05, 0.1) is 0 Å². The van der Waals surface area contributed by atoms with E-state index in [0.717, 1.165) is 22.7 Å². The van der Waals surface area contributed by atoms with Crippen molar-refractivity contribution in [3.8, 4) is 6.07 Å². The first kappa shape index (κ1) is 13.5. The molecular formula is C15H14ClN3. The van der Waals surface area contributed by atoms with Crippen LogP contribution in [0.1, 0.15) is 16.8 Å². The number of rotatable bonds is 4. The molecule has 1 aromatic carbocycles. The number of hydrogen-bond donors (Lipinski definition) is 0. The van der Waals surface area contributed by atoms with Gasteiger partial charge in [-0.15, -0.1) is 0 Å². The van der Waals surface area contributed by atoms with E-state index in [1.807, 2.05) is 43.4 Å². The first-order valence-electron chi connectivity index (χ1n) is 5.96. The predicted molar refractivity (Wildman–Crippen MR) is 75.6 cm³/mol. The molecule has 0 fully saturated rings. The fraction of sp³-hybridized carbons (Fsp3) is 0.200. The van der Waals surface area contributed by atoms with Crippen LogP contribution in [-0.4, -0.2) is 16.9 Å². The van der Waals surface area contributed by atoms with E-state index in [4.69, 9.17) is 16.9 Å². The lowest BCUT2D eigenvalue weighted by Crippen LogP contribution is -2.18. The quantitative estimate of drug-likeness (QED) is 0.857. The maximum Gasteiger partial charge on any atom is 0.144 e. The average Bonchev–Trinajstić information content (AvgIpc) is 2.39. The van der Waals surface area contributed by atoms with Crippen molar-refractivity contribution in [3.05, 3.63) is 64.4 Å². The summed E-state index contributed by atoms with van der Waals surface area (Å²) in [6.45, 7) is 1.46. The zero-order chi connectivity index (χ0) is 13.7. The SMILES string of the molecule is CN(Cc1cccc(Cl)c1)Cc1cccnc1C#N. The molecule has 3 nitrogen and oxygen atoms in total. The van der Waals surface area contributed by atoms with E-state index >= 15 is 0 Å². The summed E-state index contributed by atoms with van der Waals surface area (Å²) < 4.78 is 0. The third-order valence-electron chi connectivity index (χ3n) is 2.78. The fourth-order valence-corrected chi connectivity index (χ4v) is 2.17. The molecule has 1 aromatic heterocycles. The number of hydrogen-bond acceptors (Lipinski definition) is 3. The Labute approximate surface area is 118 Å². The summed E-state index contributed by atoms with van der Waals surface area (Å²) >= 11 is 5.96. The van der Waals surface area contributed by atoms with E-state index in [1.54, 1.807) is 6.20 Å². The van der Waals surface area contributed by atoms with Gasteiger partial charge in [0.1, 0.15) is 11.8 Å². The van der Waals surface area contributed by atoms with Crippen molar-refractivity contribution >= 4 is 11.6 Å². The summed E-state index contributed by atoms with van der Waals surface area (Å²) in [4.78, 5) is 6.19. The summed E-state index contributed by atoms with van der Waals surface area (Å²) in [6.07, 6.45) is 1.64. The molecule has 2 rings (SSSR count). The molecule has 0 radical (unpaired) electrons. The second-order valence-corrected chi connectivity index (χ2v) is 4.86. The summed E-state index contributed by atoms with van der Waals surface area (Å²) in [7, 11) is 2.01. The van der Waals surface area contributed by atoms with Crippen LogP contribution >= 0.6 is 11.6 Å². The van der Waals surface area contributed by atoms with Crippen molar-refractivity contribution in [3.63, 3.8) is 0 Å². The molecule has 0 saturated carbocycles. The van der Waals surface area contributed by atoms with E-state index in [1.165, 1.54) is 0 Å². The van der Waals surface area contributed by atoms with Crippen LogP contribution in [0.15, 0.2) is 42.6 Å². The van der Waals surface area contributed by atoms with E-state index in [-0.39, 0.29) is 0 Å². The summed E-state index contributed by atoms with van der Waals surface area (Å²) in [5, 5.41) is 9.75. The Balaban J connectivity index is 2.06. The lowest BCUT2D eigenvalue weighted by molar-refractivity contribution is 0.318. The zero-order valence-corrected chi connectivity index (χ0v) is 11.4. The van der Waals surface area contributed by atoms with Crippen molar-refractivity contribution in [2.45, 2.75) is 13.1 Å². The van der Waals surface area contributed by atoms with Gasteiger partial charge in [0.15, 0.2) is 0 Å². The summed E-state index contributed by atoms with van der Waals surface area (Å²) in [6, 6.07) is 13.7. The lowest BCUT2D eigenvalue weighted by Gasteiger charge is -2.17. The Hall–Kier alpha value is -1.89. The minimum absolute atomic E-state index is 0.487. The van der Waals surface area contributed by atoms with E-state index < -0.39 is 0 Å². The van der Waals surface area contributed by atoms with Crippen LogP contribution < -0.4 is 0 Å². The molecule has 96 valence electrons. The monoisotopic (exact) mass is 271 g/mol. The number of halogens is 1. The molecule has 0 aliphatic carbocycles. The third-order valence-corrected chi connectivity index (χ3v) is 3.01. The molecule has 0 aliphatic heterocycles. The molecular weight excluding hydrogens is 258 g/mol. The molecule has 0 saturated heterocycles. The number of aromatic nitrogens is 1. The Kier molecular flexibility index (Phi) is 4.51. The van der Waals surface area contributed by atoms with Gasteiger partial charge in [-0.25, -0.2) is 4.98 Å². The molecule has 0 spiro atoms. The lowest BCUT2D eigenvalue weighted by atomic mass is 10.1. The number of nitriles is 1. The Morgan fingerprint density at radius 1 is 1.26 bits per heavy atom. The zero-order valence-electron chi connectivity index (χ0n) is 10.7. The summed E-state index contributed by atoms with van der Waals surface area (Å²) in [5.41, 5.74) is 2.58. The molecule has 19 heavy (non-hydrogen) atoms. The van der Waals surface area contributed by atoms with Gasteiger partial charge in [-0.1, -0.05) is 29.8 Å². The van der Waals surface area contributed by atoms with Crippen molar-refractivity contribution < 1.29 is 0 Å². The van der Waals surface area contributed by atoms with E-state index in [9.17, 15) is 0 Å². The second kappa shape index (κ2) is 6.33. The maximum absolute atomic E-state index is 9.01. The standard InChI is InChI=1S/C15H14ClN3/c1-19(10-12-4-2-6-14(16)8-12)11-13-5-3-7-18-15(13)9-17/h2-8H,10-11H2,1H3. The Morgan fingerprint density at radius 3 is 2.84 bits per heavy atom. The minimum Gasteiger partial charge on any atom is -0.298 e. The van der Waals surface area contributed by atoms with Crippen molar-refractivity contribution in [1.29, 1.82) is 5.26 Å². The molecule has 0 unspecified atom stereocenters. The van der Waals surface area contributed by atoms with Crippen LogP contribution in [0.5, 0.6) is 0 Å². The maximum atomic E-state index is 9.01. The van der Waals surface area contributed by atoms with E-state index in [2.05, 4.69) is 16.0 Å². The smallest absolute Gasteiger partial charge is 0.144 e. The normalized spacial score (nSPS) is 10.4. The van der Waals surface area contributed by atoms with Crippen molar-refractivity contribution in [2.75, 3.05) is 7.05 Å². The van der Waals surface area contributed by atoms with Gasteiger partial charge in [-0.3, -0.25) is 4.90 Å². The van der Waals surface area contributed by atoms with Crippen molar-refractivity contribution in [1.82, 2.24) is 9.88 Å². The van der Waals surface area contributed by atoms with Crippen LogP contribution in [0, 0.1) is 11.3 Å². The number of benzene rings is 1.